The molecular weight excluding hydrogens is 364 g/mol. The van der Waals surface area contributed by atoms with Crippen LogP contribution >= 0.6 is 0 Å². The van der Waals surface area contributed by atoms with E-state index in [2.05, 4.69) is 0 Å². The van der Waals surface area contributed by atoms with E-state index in [0.29, 0.717) is 24.4 Å². The summed E-state index contributed by atoms with van der Waals surface area (Å²) >= 11 is 0. The molecule has 0 radical (unpaired) electrons. The molecule has 7 heteroatoms. The van der Waals surface area contributed by atoms with Crippen LogP contribution in [0.4, 0.5) is 0 Å². The fourth-order valence-electron chi connectivity index (χ4n) is 3.05. The minimum Gasteiger partial charge on any atom is -0.508 e. The molecule has 0 atom stereocenters. The van der Waals surface area contributed by atoms with E-state index in [1.54, 1.807) is 19.1 Å². The Morgan fingerprint density at radius 3 is 2.46 bits per heavy atom. The largest absolute Gasteiger partial charge is 0.508 e. The minimum atomic E-state index is -0.462. The Morgan fingerprint density at radius 1 is 1.07 bits per heavy atom. The second-order valence-electron chi connectivity index (χ2n) is 6.27. The summed E-state index contributed by atoms with van der Waals surface area (Å²) in [4.78, 5) is 24.7. The van der Waals surface area contributed by atoms with Gasteiger partial charge in [-0.3, -0.25) is 9.59 Å². The lowest BCUT2D eigenvalue weighted by molar-refractivity contribution is -0.143. The van der Waals surface area contributed by atoms with Crippen LogP contribution in [0.25, 0.3) is 22.1 Å². The summed E-state index contributed by atoms with van der Waals surface area (Å²) in [7, 11) is 0. The van der Waals surface area contributed by atoms with Gasteiger partial charge in [-0.05, 0) is 31.0 Å². The number of carbonyl (C=O) groups is 1. The summed E-state index contributed by atoms with van der Waals surface area (Å²) in [5.74, 6) is -0.597. The van der Waals surface area contributed by atoms with Crippen LogP contribution in [0.1, 0.15) is 25.5 Å². The molecule has 7 nitrogen and oxygen atoms in total. The Morgan fingerprint density at radius 2 is 1.79 bits per heavy atom. The fraction of sp³-hybridized carbons (Fsp3) is 0.238. The van der Waals surface area contributed by atoms with Crippen molar-refractivity contribution in [1.29, 1.82) is 0 Å². The third-order valence-corrected chi connectivity index (χ3v) is 4.28. The van der Waals surface area contributed by atoms with E-state index in [-0.39, 0.29) is 52.6 Å². The van der Waals surface area contributed by atoms with Crippen LogP contribution in [0, 0.1) is 0 Å². The molecule has 1 aromatic heterocycles. The lowest BCUT2D eigenvalue weighted by atomic mass is 9.99. The molecule has 0 amide bonds. The first-order chi connectivity index (χ1) is 13.4. The van der Waals surface area contributed by atoms with Gasteiger partial charge < -0.3 is 24.5 Å². The number of fused-ring (bicyclic) bond motifs is 1. The smallest absolute Gasteiger partial charge is 0.305 e. The Bertz CT molecular complexity index is 1060. The van der Waals surface area contributed by atoms with Gasteiger partial charge in [0.15, 0.2) is 0 Å². The van der Waals surface area contributed by atoms with Crippen molar-refractivity contribution in [3.8, 4) is 28.4 Å². The van der Waals surface area contributed by atoms with Gasteiger partial charge in [0, 0.05) is 25.0 Å². The standard InChI is InChI=1S/C21H20O7/c1-2-27-18(25)5-3-4-16-19(12-6-8-13(22)9-7-12)21(26)20-15(24)10-14(23)11-17(20)28-16/h6-11,22-24H,2-5H2,1H3. The Kier molecular flexibility index (Phi) is 5.54. The number of hydrogen-bond acceptors (Lipinski definition) is 7. The minimum absolute atomic E-state index is 0.0463. The predicted molar refractivity (Wildman–Crippen MR) is 102 cm³/mol. The zero-order chi connectivity index (χ0) is 20.3. The maximum absolute atomic E-state index is 13.1. The van der Waals surface area contributed by atoms with Gasteiger partial charge >= 0.3 is 5.97 Å². The van der Waals surface area contributed by atoms with Crippen molar-refractivity contribution >= 4 is 16.9 Å². The topological polar surface area (TPSA) is 117 Å². The fourth-order valence-corrected chi connectivity index (χ4v) is 3.05. The number of phenolic OH excluding ortho intramolecular Hbond substituents is 3. The van der Waals surface area contributed by atoms with Gasteiger partial charge in [0.05, 0.1) is 12.2 Å². The average molecular weight is 384 g/mol. The van der Waals surface area contributed by atoms with Crippen LogP contribution in [-0.4, -0.2) is 27.9 Å². The van der Waals surface area contributed by atoms with E-state index in [1.165, 1.54) is 18.2 Å². The van der Waals surface area contributed by atoms with Crippen LogP contribution in [0.3, 0.4) is 0 Å². The number of rotatable bonds is 6. The van der Waals surface area contributed by atoms with Crippen molar-refractivity contribution in [2.75, 3.05) is 6.61 Å². The Hall–Kier alpha value is -3.48. The van der Waals surface area contributed by atoms with E-state index in [1.807, 2.05) is 0 Å². The first-order valence-electron chi connectivity index (χ1n) is 8.87. The molecule has 3 rings (SSSR count). The lowest BCUT2D eigenvalue weighted by Crippen LogP contribution is -2.10. The normalized spacial score (nSPS) is 10.9. The van der Waals surface area contributed by atoms with Crippen molar-refractivity contribution in [3.05, 3.63) is 52.4 Å². The van der Waals surface area contributed by atoms with Gasteiger partial charge in [0.2, 0.25) is 5.43 Å². The molecule has 0 spiro atoms. The molecule has 3 aromatic rings. The van der Waals surface area contributed by atoms with Crippen molar-refractivity contribution in [2.24, 2.45) is 0 Å². The van der Waals surface area contributed by atoms with Gasteiger partial charge in [0.25, 0.3) is 0 Å². The third kappa shape index (κ3) is 3.93. The molecule has 1 heterocycles. The lowest BCUT2D eigenvalue weighted by Gasteiger charge is -2.11. The molecule has 0 saturated carbocycles. The summed E-state index contributed by atoms with van der Waals surface area (Å²) in [6, 6.07) is 8.35. The van der Waals surface area contributed by atoms with E-state index in [9.17, 15) is 24.9 Å². The first kappa shape index (κ1) is 19.3. The van der Waals surface area contributed by atoms with Crippen molar-refractivity contribution in [2.45, 2.75) is 26.2 Å². The van der Waals surface area contributed by atoms with E-state index in [0.717, 1.165) is 6.07 Å². The van der Waals surface area contributed by atoms with Crippen molar-refractivity contribution in [1.82, 2.24) is 0 Å². The Balaban J connectivity index is 2.11. The van der Waals surface area contributed by atoms with Crippen LogP contribution in [-0.2, 0) is 16.0 Å². The highest BCUT2D eigenvalue weighted by Gasteiger charge is 2.19. The Labute approximate surface area is 160 Å². The van der Waals surface area contributed by atoms with Gasteiger partial charge in [-0.1, -0.05) is 12.1 Å². The van der Waals surface area contributed by atoms with Gasteiger partial charge in [-0.25, -0.2) is 0 Å². The first-order valence-corrected chi connectivity index (χ1v) is 8.87. The molecule has 0 aliphatic heterocycles. The summed E-state index contributed by atoms with van der Waals surface area (Å²) < 4.78 is 10.7. The molecule has 3 N–H and O–H groups in total. The average Bonchev–Trinajstić information content (AvgIpc) is 2.62. The summed E-state index contributed by atoms with van der Waals surface area (Å²) in [6.07, 6.45) is 0.829. The van der Waals surface area contributed by atoms with Gasteiger partial charge in [-0.15, -0.1) is 0 Å². The summed E-state index contributed by atoms with van der Waals surface area (Å²) in [6.45, 7) is 2.02. The maximum Gasteiger partial charge on any atom is 0.305 e. The van der Waals surface area contributed by atoms with Gasteiger partial charge in [-0.2, -0.15) is 0 Å². The molecule has 0 aliphatic rings. The number of aromatic hydroxyl groups is 3. The molecule has 2 aromatic carbocycles. The van der Waals surface area contributed by atoms with Crippen molar-refractivity contribution in [3.63, 3.8) is 0 Å². The van der Waals surface area contributed by atoms with Crippen LogP contribution < -0.4 is 5.43 Å². The number of benzene rings is 2. The summed E-state index contributed by atoms with van der Waals surface area (Å²) in [5, 5.41) is 29.3. The molecule has 0 unspecified atom stereocenters. The number of esters is 1. The van der Waals surface area contributed by atoms with Crippen LogP contribution in [0.15, 0.2) is 45.6 Å². The SMILES string of the molecule is CCOC(=O)CCCc1oc2cc(O)cc(O)c2c(=O)c1-c1ccc(O)cc1. The van der Waals surface area contributed by atoms with Gasteiger partial charge in [0.1, 0.15) is 34.0 Å². The van der Waals surface area contributed by atoms with E-state index >= 15 is 0 Å². The number of phenols is 3. The summed E-state index contributed by atoms with van der Waals surface area (Å²) in [5.41, 5.74) is 0.330. The van der Waals surface area contributed by atoms with Crippen molar-refractivity contribution < 1.29 is 29.3 Å². The molecule has 0 saturated heterocycles. The van der Waals surface area contributed by atoms with Crippen LogP contribution in [0.5, 0.6) is 17.2 Å². The third-order valence-electron chi connectivity index (χ3n) is 4.28. The monoisotopic (exact) mass is 384 g/mol. The second-order valence-corrected chi connectivity index (χ2v) is 6.27. The highest BCUT2D eigenvalue weighted by molar-refractivity contribution is 5.89. The zero-order valence-corrected chi connectivity index (χ0v) is 15.3. The quantitative estimate of drug-likeness (QED) is 0.557. The number of aryl methyl sites for hydroxylation is 1. The highest BCUT2D eigenvalue weighted by atomic mass is 16.5. The molecule has 0 aliphatic carbocycles. The van der Waals surface area contributed by atoms with E-state index in [4.69, 9.17) is 9.15 Å². The zero-order valence-electron chi connectivity index (χ0n) is 15.3. The molecular formula is C21H20O7. The molecule has 0 bridgehead atoms. The number of ether oxygens (including phenoxy) is 1. The predicted octanol–water partition coefficient (Wildman–Crippen LogP) is 3.46. The molecule has 0 fully saturated rings. The molecule has 146 valence electrons. The molecule has 28 heavy (non-hydrogen) atoms. The number of hydrogen-bond donors (Lipinski definition) is 3. The maximum atomic E-state index is 13.1. The van der Waals surface area contributed by atoms with E-state index < -0.39 is 5.43 Å². The second kappa shape index (κ2) is 8.04. The van der Waals surface area contributed by atoms with Crippen LogP contribution in [0.2, 0.25) is 0 Å². The number of carbonyl (C=O) groups excluding carboxylic acids is 1. The highest BCUT2D eigenvalue weighted by Crippen LogP contribution is 2.33.